The Labute approximate surface area is 82.2 Å². The molecule has 0 atom stereocenters. The minimum atomic E-state index is -4.25. The van der Waals surface area contributed by atoms with Crippen LogP contribution in [0.5, 0.6) is 0 Å². The molecule has 0 radical (unpaired) electrons. The van der Waals surface area contributed by atoms with Crippen molar-refractivity contribution in [3.8, 4) is 0 Å². The van der Waals surface area contributed by atoms with Gasteiger partial charge in [0.05, 0.1) is 0 Å². The van der Waals surface area contributed by atoms with E-state index in [0.717, 1.165) is 6.08 Å². The van der Waals surface area contributed by atoms with Crippen LogP contribution >= 0.6 is 15.9 Å². The smallest absolute Gasteiger partial charge is 0.167 e. The molecule has 4 heteroatoms. The second-order valence-corrected chi connectivity index (χ2v) is 3.25. The van der Waals surface area contributed by atoms with E-state index in [1.54, 1.807) is 24.3 Å². The first-order valence-corrected chi connectivity index (χ1v) is 4.29. The zero-order valence-electron chi connectivity index (χ0n) is 6.48. The fourth-order valence-electron chi connectivity index (χ4n) is 0.795. The van der Waals surface area contributed by atoms with Crippen LogP contribution < -0.4 is 0 Å². The molecule has 0 heterocycles. The Morgan fingerprint density at radius 1 is 1.15 bits per heavy atom. The van der Waals surface area contributed by atoms with Gasteiger partial charge >= 0.3 is 6.18 Å². The van der Waals surface area contributed by atoms with Gasteiger partial charge in [0.25, 0.3) is 0 Å². The van der Waals surface area contributed by atoms with Gasteiger partial charge in [0, 0.05) is 10.5 Å². The third kappa shape index (κ3) is 3.63. The molecule has 0 unspecified atom stereocenters. The third-order valence-corrected chi connectivity index (χ3v) is 2.08. The molecule has 0 aliphatic carbocycles. The summed E-state index contributed by atoms with van der Waals surface area (Å²) in [5.41, 5.74) is 0.514. The van der Waals surface area contributed by atoms with Crippen molar-refractivity contribution in [1.29, 1.82) is 0 Å². The number of hydrogen-bond donors (Lipinski definition) is 0. The van der Waals surface area contributed by atoms with E-state index in [1.807, 2.05) is 0 Å². The standard InChI is InChI=1S/C9H6BrF3/c10-8-4-2-1-3-7(8)5-6-9(11,12)13/h1-6H. The highest BCUT2D eigenvalue weighted by atomic mass is 79.9. The molecule has 0 saturated heterocycles. The number of rotatable bonds is 1. The normalized spacial score (nSPS) is 12.3. The van der Waals surface area contributed by atoms with Gasteiger partial charge < -0.3 is 0 Å². The third-order valence-electron chi connectivity index (χ3n) is 1.36. The van der Waals surface area contributed by atoms with Gasteiger partial charge in [-0.2, -0.15) is 13.2 Å². The lowest BCUT2D eigenvalue weighted by Crippen LogP contribution is -2.00. The fraction of sp³-hybridized carbons (Fsp3) is 0.111. The minimum Gasteiger partial charge on any atom is -0.167 e. The lowest BCUT2D eigenvalue weighted by molar-refractivity contribution is -0.0790. The van der Waals surface area contributed by atoms with Crippen LogP contribution in [0.4, 0.5) is 13.2 Å². The Morgan fingerprint density at radius 2 is 1.77 bits per heavy atom. The van der Waals surface area contributed by atoms with Crippen molar-refractivity contribution in [3.05, 3.63) is 40.4 Å². The van der Waals surface area contributed by atoms with E-state index in [2.05, 4.69) is 15.9 Å². The Kier molecular flexibility index (Phi) is 3.14. The van der Waals surface area contributed by atoms with Crippen LogP contribution in [0.1, 0.15) is 5.56 Å². The maximum atomic E-state index is 11.8. The molecular weight excluding hydrogens is 245 g/mol. The summed E-state index contributed by atoms with van der Waals surface area (Å²) in [6.07, 6.45) is -3.01. The molecule has 1 aromatic rings. The second-order valence-electron chi connectivity index (χ2n) is 2.40. The molecule has 0 fully saturated rings. The summed E-state index contributed by atoms with van der Waals surface area (Å²) >= 11 is 3.15. The summed E-state index contributed by atoms with van der Waals surface area (Å²) in [5.74, 6) is 0. The van der Waals surface area contributed by atoms with E-state index >= 15 is 0 Å². The van der Waals surface area contributed by atoms with Crippen LogP contribution in [-0.2, 0) is 0 Å². The van der Waals surface area contributed by atoms with Crippen LogP contribution in [0.15, 0.2) is 34.8 Å². The van der Waals surface area contributed by atoms with Crippen LogP contribution in [0.2, 0.25) is 0 Å². The molecule has 0 aliphatic rings. The van der Waals surface area contributed by atoms with Crippen molar-refractivity contribution in [2.45, 2.75) is 6.18 Å². The number of halogens is 4. The van der Waals surface area contributed by atoms with E-state index in [0.29, 0.717) is 10.0 Å². The van der Waals surface area contributed by atoms with Gasteiger partial charge in [0.1, 0.15) is 0 Å². The number of allylic oxidation sites excluding steroid dienone is 1. The molecule has 1 rings (SSSR count). The Morgan fingerprint density at radius 3 is 2.31 bits per heavy atom. The van der Waals surface area contributed by atoms with E-state index in [-0.39, 0.29) is 6.08 Å². The molecule has 0 saturated carbocycles. The molecular formula is C9H6BrF3. The van der Waals surface area contributed by atoms with Crippen LogP contribution in [0, 0.1) is 0 Å². The van der Waals surface area contributed by atoms with Gasteiger partial charge in [0.15, 0.2) is 0 Å². The molecule has 13 heavy (non-hydrogen) atoms. The molecule has 0 bridgehead atoms. The van der Waals surface area contributed by atoms with E-state index in [4.69, 9.17) is 0 Å². The van der Waals surface area contributed by atoms with Gasteiger partial charge in [-0.3, -0.25) is 0 Å². The molecule has 1 aromatic carbocycles. The predicted molar refractivity (Wildman–Crippen MR) is 49.2 cm³/mol. The average molecular weight is 251 g/mol. The van der Waals surface area contributed by atoms with Gasteiger partial charge in [-0.25, -0.2) is 0 Å². The zero-order chi connectivity index (χ0) is 9.90. The van der Waals surface area contributed by atoms with Crippen molar-refractivity contribution < 1.29 is 13.2 Å². The summed E-state index contributed by atoms with van der Waals surface area (Å²) in [5, 5.41) is 0. The first-order valence-electron chi connectivity index (χ1n) is 3.49. The van der Waals surface area contributed by atoms with Gasteiger partial charge in [-0.15, -0.1) is 0 Å². The summed E-state index contributed by atoms with van der Waals surface area (Å²) in [4.78, 5) is 0. The van der Waals surface area contributed by atoms with Gasteiger partial charge in [-0.1, -0.05) is 34.1 Å². The summed E-state index contributed by atoms with van der Waals surface area (Å²) < 4.78 is 36.0. The second kappa shape index (κ2) is 3.96. The zero-order valence-corrected chi connectivity index (χ0v) is 8.06. The molecule has 0 N–H and O–H groups in total. The van der Waals surface area contributed by atoms with Crippen LogP contribution in [0.25, 0.3) is 6.08 Å². The van der Waals surface area contributed by atoms with Crippen LogP contribution in [0.3, 0.4) is 0 Å². The average Bonchev–Trinajstić information content (AvgIpc) is 2.01. The highest BCUT2D eigenvalue weighted by molar-refractivity contribution is 9.10. The van der Waals surface area contributed by atoms with Crippen molar-refractivity contribution in [1.82, 2.24) is 0 Å². The monoisotopic (exact) mass is 250 g/mol. The summed E-state index contributed by atoms with van der Waals surface area (Å²) in [6.45, 7) is 0. The van der Waals surface area contributed by atoms with Crippen molar-refractivity contribution in [2.24, 2.45) is 0 Å². The SMILES string of the molecule is FC(F)(F)C=Cc1ccccc1Br. The van der Waals surface area contributed by atoms with E-state index in [1.165, 1.54) is 0 Å². The first kappa shape index (κ1) is 10.3. The van der Waals surface area contributed by atoms with Crippen LogP contribution in [-0.4, -0.2) is 6.18 Å². The number of benzene rings is 1. The van der Waals surface area contributed by atoms with E-state index in [9.17, 15) is 13.2 Å². The fourth-order valence-corrected chi connectivity index (χ4v) is 1.21. The number of hydrogen-bond acceptors (Lipinski definition) is 0. The van der Waals surface area contributed by atoms with Gasteiger partial charge in [-0.05, 0) is 17.7 Å². The molecule has 0 amide bonds. The Hall–Kier alpha value is -0.770. The molecule has 0 spiro atoms. The topological polar surface area (TPSA) is 0 Å². The van der Waals surface area contributed by atoms with Crippen molar-refractivity contribution in [3.63, 3.8) is 0 Å². The van der Waals surface area contributed by atoms with Crippen molar-refractivity contribution in [2.75, 3.05) is 0 Å². The van der Waals surface area contributed by atoms with Crippen molar-refractivity contribution >= 4 is 22.0 Å². The summed E-state index contributed by atoms with van der Waals surface area (Å²) in [6, 6.07) is 6.72. The minimum absolute atomic E-state index is 0.215. The highest BCUT2D eigenvalue weighted by Gasteiger charge is 2.21. The Balaban J connectivity index is 2.86. The molecule has 0 aromatic heterocycles. The maximum absolute atomic E-state index is 11.8. The molecule has 0 aliphatic heterocycles. The highest BCUT2D eigenvalue weighted by Crippen LogP contribution is 2.21. The molecule has 0 nitrogen and oxygen atoms in total. The first-order chi connectivity index (χ1) is 5.99. The Bertz CT molecular complexity index is 315. The summed E-state index contributed by atoms with van der Waals surface area (Å²) in [7, 11) is 0. The lowest BCUT2D eigenvalue weighted by atomic mass is 10.2. The van der Waals surface area contributed by atoms with E-state index < -0.39 is 6.18 Å². The van der Waals surface area contributed by atoms with Gasteiger partial charge in [0.2, 0.25) is 0 Å². The number of alkyl halides is 3. The largest absolute Gasteiger partial charge is 0.409 e. The maximum Gasteiger partial charge on any atom is 0.409 e. The predicted octanol–water partition coefficient (Wildman–Crippen LogP) is 4.02. The quantitative estimate of drug-likeness (QED) is 0.706. The lowest BCUT2D eigenvalue weighted by Gasteiger charge is -1.99. The molecule has 70 valence electrons.